The minimum Gasteiger partial charge on any atom is -0.493 e. The van der Waals surface area contributed by atoms with Crippen LogP contribution in [-0.4, -0.2) is 50.3 Å². The Hall–Kier alpha value is -1.87. The van der Waals surface area contributed by atoms with Crippen molar-refractivity contribution in [1.29, 1.82) is 0 Å². The molecule has 2 aromatic rings. The van der Waals surface area contributed by atoms with E-state index in [2.05, 4.69) is 19.9 Å². The lowest BCUT2D eigenvalue weighted by Gasteiger charge is -2.20. The molecule has 0 spiro atoms. The SMILES string of the molecule is Oc1ccnc(SCCCN2C[C@@H]3C[C@]3(c3ccc(C(F)(F)F)cn3)C2)n1. The lowest BCUT2D eigenvalue weighted by Crippen LogP contribution is -2.28. The van der Waals surface area contributed by atoms with E-state index < -0.39 is 11.7 Å². The fraction of sp³-hybridized carbons (Fsp3) is 0.500. The van der Waals surface area contributed by atoms with Crippen molar-refractivity contribution in [1.82, 2.24) is 19.9 Å². The van der Waals surface area contributed by atoms with Gasteiger partial charge in [-0.3, -0.25) is 4.98 Å². The molecule has 0 radical (unpaired) electrons. The molecule has 144 valence electrons. The van der Waals surface area contributed by atoms with Crippen LogP contribution >= 0.6 is 11.8 Å². The van der Waals surface area contributed by atoms with Crippen molar-refractivity contribution in [3.8, 4) is 5.88 Å². The van der Waals surface area contributed by atoms with Crippen LogP contribution in [0, 0.1) is 5.92 Å². The van der Waals surface area contributed by atoms with Gasteiger partial charge in [-0.2, -0.15) is 18.2 Å². The smallest absolute Gasteiger partial charge is 0.417 e. The van der Waals surface area contributed by atoms with Crippen LogP contribution in [0.5, 0.6) is 5.88 Å². The molecule has 27 heavy (non-hydrogen) atoms. The molecule has 2 fully saturated rings. The van der Waals surface area contributed by atoms with Gasteiger partial charge in [0, 0.05) is 48.4 Å². The van der Waals surface area contributed by atoms with Gasteiger partial charge < -0.3 is 10.0 Å². The zero-order valence-electron chi connectivity index (χ0n) is 14.5. The summed E-state index contributed by atoms with van der Waals surface area (Å²) in [5, 5.41) is 9.89. The van der Waals surface area contributed by atoms with Gasteiger partial charge in [0.1, 0.15) is 0 Å². The largest absolute Gasteiger partial charge is 0.493 e. The molecule has 0 amide bonds. The van der Waals surface area contributed by atoms with Crippen molar-refractivity contribution in [2.24, 2.45) is 5.92 Å². The number of halogens is 3. The summed E-state index contributed by atoms with van der Waals surface area (Å²) in [7, 11) is 0. The molecule has 1 aliphatic heterocycles. The molecule has 0 unspecified atom stereocenters. The van der Waals surface area contributed by atoms with Crippen LogP contribution in [0.3, 0.4) is 0 Å². The minimum absolute atomic E-state index is 0.0295. The molecule has 1 aliphatic carbocycles. The van der Waals surface area contributed by atoms with Crippen LogP contribution in [-0.2, 0) is 11.6 Å². The van der Waals surface area contributed by atoms with Gasteiger partial charge in [-0.15, -0.1) is 0 Å². The number of pyridine rings is 1. The highest BCUT2D eigenvalue weighted by atomic mass is 32.2. The highest BCUT2D eigenvalue weighted by Gasteiger charge is 2.61. The maximum absolute atomic E-state index is 12.7. The lowest BCUT2D eigenvalue weighted by atomic mass is 10.00. The number of alkyl halides is 3. The van der Waals surface area contributed by atoms with Crippen molar-refractivity contribution in [2.45, 2.75) is 29.6 Å². The van der Waals surface area contributed by atoms with E-state index in [0.29, 0.717) is 11.1 Å². The second-order valence-electron chi connectivity index (χ2n) is 7.12. The number of likely N-dealkylation sites (tertiary alicyclic amines) is 1. The Kier molecular flexibility index (Phi) is 4.75. The average Bonchev–Trinajstić information content (AvgIpc) is 3.20. The Labute approximate surface area is 159 Å². The fourth-order valence-electron chi connectivity index (χ4n) is 3.86. The molecule has 0 aromatic carbocycles. The van der Waals surface area contributed by atoms with Crippen molar-refractivity contribution in [2.75, 3.05) is 25.4 Å². The van der Waals surface area contributed by atoms with E-state index in [-0.39, 0.29) is 11.3 Å². The van der Waals surface area contributed by atoms with Crippen molar-refractivity contribution in [3.63, 3.8) is 0 Å². The van der Waals surface area contributed by atoms with Gasteiger partial charge in [-0.25, -0.2) is 4.98 Å². The first-order valence-corrected chi connectivity index (χ1v) is 9.76. The Morgan fingerprint density at radius 3 is 2.81 bits per heavy atom. The molecule has 5 nitrogen and oxygen atoms in total. The first kappa shape index (κ1) is 18.5. The predicted octanol–water partition coefficient (Wildman–Crippen LogP) is 3.35. The third kappa shape index (κ3) is 3.89. The van der Waals surface area contributed by atoms with Crippen LogP contribution in [0.2, 0.25) is 0 Å². The first-order chi connectivity index (χ1) is 12.9. The van der Waals surface area contributed by atoms with Crippen molar-refractivity contribution in [3.05, 3.63) is 41.9 Å². The number of fused-ring (bicyclic) bond motifs is 1. The van der Waals surface area contributed by atoms with Gasteiger partial charge in [0.2, 0.25) is 5.88 Å². The second-order valence-corrected chi connectivity index (χ2v) is 8.18. The van der Waals surface area contributed by atoms with Crippen LogP contribution in [0.4, 0.5) is 13.2 Å². The number of hydrogen-bond donors (Lipinski definition) is 1. The summed E-state index contributed by atoms with van der Waals surface area (Å²) in [5.74, 6) is 1.30. The average molecular weight is 396 g/mol. The van der Waals surface area contributed by atoms with E-state index in [4.69, 9.17) is 0 Å². The molecule has 3 heterocycles. The number of rotatable bonds is 6. The topological polar surface area (TPSA) is 62.1 Å². The molecule has 1 saturated carbocycles. The Morgan fingerprint density at radius 2 is 2.11 bits per heavy atom. The van der Waals surface area contributed by atoms with Gasteiger partial charge in [0.05, 0.1) is 5.56 Å². The number of aromatic hydroxyl groups is 1. The highest BCUT2D eigenvalue weighted by Crippen LogP contribution is 2.58. The molecular formula is C18H19F3N4OS. The molecule has 4 rings (SSSR count). The summed E-state index contributed by atoms with van der Waals surface area (Å²) in [6.07, 6.45) is 0.0962. The summed E-state index contributed by atoms with van der Waals surface area (Å²) in [6, 6.07) is 4.12. The second kappa shape index (κ2) is 6.94. The number of thioether (sulfide) groups is 1. The number of nitrogens with zero attached hydrogens (tertiary/aromatic N) is 4. The maximum Gasteiger partial charge on any atom is 0.417 e. The number of aromatic nitrogens is 3. The quantitative estimate of drug-likeness (QED) is 0.459. The zero-order valence-corrected chi connectivity index (χ0v) is 15.3. The molecule has 9 heteroatoms. The maximum atomic E-state index is 12.7. The van der Waals surface area contributed by atoms with E-state index in [1.165, 1.54) is 24.0 Å². The summed E-state index contributed by atoms with van der Waals surface area (Å²) < 4.78 is 38.1. The summed E-state index contributed by atoms with van der Waals surface area (Å²) in [6.45, 7) is 2.74. The van der Waals surface area contributed by atoms with E-state index in [1.807, 2.05) is 0 Å². The standard InChI is InChI=1S/C18H19F3N4OS/c19-18(20,21)12-2-3-14(23-9-12)17-8-13(17)10-25(11-17)6-1-7-27-16-22-5-4-15(26)24-16/h2-5,9,13H,1,6-8,10-11H2,(H,22,24,26)/t13-,17-/m0/s1. The third-order valence-electron chi connectivity index (χ3n) is 5.29. The monoisotopic (exact) mass is 396 g/mol. The summed E-state index contributed by atoms with van der Waals surface area (Å²) >= 11 is 1.50. The normalized spacial score (nSPS) is 24.8. The fourth-order valence-corrected chi connectivity index (χ4v) is 4.61. The van der Waals surface area contributed by atoms with Crippen molar-refractivity contribution < 1.29 is 18.3 Å². The Morgan fingerprint density at radius 1 is 1.26 bits per heavy atom. The van der Waals surface area contributed by atoms with Gasteiger partial charge in [-0.05, 0) is 37.4 Å². The van der Waals surface area contributed by atoms with E-state index in [1.54, 1.807) is 6.07 Å². The van der Waals surface area contributed by atoms with Crippen LogP contribution < -0.4 is 0 Å². The van der Waals surface area contributed by atoms with Gasteiger partial charge >= 0.3 is 6.18 Å². The molecule has 1 saturated heterocycles. The van der Waals surface area contributed by atoms with Crippen LogP contribution in [0.15, 0.2) is 35.7 Å². The Bertz CT molecular complexity index is 817. The van der Waals surface area contributed by atoms with Crippen molar-refractivity contribution >= 4 is 11.8 Å². The highest BCUT2D eigenvalue weighted by molar-refractivity contribution is 7.99. The number of piperidine rings is 1. The van der Waals surface area contributed by atoms with E-state index in [9.17, 15) is 18.3 Å². The minimum atomic E-state index is -4.34. The number of hydrogen-bond acceptors (Lipinski definition) is 6. The molecule has 2 atom stereocenters. The van der Waals surface area contributed by atoms with Crippen LogP contribution in [0.25, 0.3) is 0 Å². The Balaban J connectivity index is 1.28. The van der Waals surface area contributed by atoms with Gasteiger partial charge in [-0.1, -0.05) is 11.8 Å². The molecular weight excluding hydrogens is 377 g/mol. The predicted molar refractivity (Wildman–Crippen MR) is 94.5 cm³/mol. The first-order valence-electron chi connectivity index (χ1n) is 8.78. The molecule has 0 bridgehead atoms. The molecule has 2 aliphatic rings. The third-order valence-corrected chi connectivity index (χ3v) is 6.23. The van der Waals surface area contributed by atoms with Crippen LogP contribution in [0.1, 0.15) is 24.1 Å². The lowest BCUT2D eigenvalue weighted by molar-refractivity contribution is -0.137. The molecule has 1 N–H and O–H groups in total. The molecule has 2 aromatic heterocycles. The van der Waals surface area contributed by atoms with Gasteiger partial charge in [0.15, 0.2) is 5.16 Å². The summed E-state index contributed by atoms with van der Waals surface area (Å²) in [4.78, 5) is 14.5. The van der Waals surface area contributed by atoms with Gasteiger partial charge in [0.25, 0.3) is 0 Å². The van der Waals surface area contributed by atoms with E-state index in [0.717, 1.165) is 56.2 Å². The van der Waals surface area contributed by atoms with E-state index >= 15 is 0 Å². The zero-order chi connectivity index (χ0) is 19.1. The summed E-state index contributed by atoms with van der Waals surface area (Å²) in [5.41, 5.74) is 0.0254.